The van der Waals surface area contributed by atoms with Gasteiger partial charge >= 0.3 is 0 Å². The molecule has 0 saturated heterocycles. The highest BCUT2D eigenvalue weighted by molar-refractivity contribution is 5.53. The quantitative estimate of drug-likeness (QED) is 0.651. The van der Waals surface area contributed by atoms with E-state index in [1.54, 1.807) is 0 Å². The third-order valence-corrected chi connectivity index (χ3v) is 2.97. The van der Waals surface area contributed by atoms with Crippen molar-refractivity contribution in [3.05, 3.63) is 0 Å². The van der Waals surface area contributed by atoms with Crippen LogP contribution >= 0.6 is 0 Å². The topological polar surface area (TPSA) is 43.1 Å². The van der Waals surface area contributed by atoms with Crippen molar-refractivity contribution in [1.82, 2.24) is 0 Å². The molecule has 0 heterocycles. The van der Waals surface area contributed by atoms with Crippen molar-refractivity contribution in [2.45, 2.75) is 45.1 Å². The first kappa shape index (κ1) is 9.72. The van der Waals surface area contributed by atoms with E-state index < -0.39 is 0 Å². The molecule has 2 unspecified atom stereocenters. The van der Waals surface area contributed by atoms with Crippen LogP contribution in [0.3, 0.4) is 0 Å². The second-order valence-corrected chi connectivity index (χ2v) is 4.05. The lowest BCUT2D eigenvalue weighted by atomic mass is 9.92. The van der Waals surface area contributed by atoms with Gasteiger partial charge in [-0.2, -0.15) is 0 Å². The molecule has 0 bridgehead atoms. The second kappa shape index (κ2) is 4.61. The molecule has 1 aliphatic rings. The normalized spacial score (nSPS) is 23.8. The van der Waals surface area contributed by atoms with Gasteiger partial charge in [0.25, 0.3) is 0 Å². The van der Waals surface area contributed by atoms with Gasteiger partial charge in [-0.3, -0.25) is 0 Å². The summed E-state index contributed by atoms with van der Waals surface area (Å²) >= 11 is 0. The van der Waals surface area contributed by atoms with E-state index in [-0.39, 0.29) is 12.0 Å². The third kappa shape index (κ3) is 2.59. The van der Waals surface area contributed by atoms with E-state index in [4.69, 9.17) is 5.73 Å². The molecule has 12 heavy (non-hydrogen) atoms. The van der Waals surface area contributed by atoms with Gasteiger partial charge in [-0.15, -0.1) is 0 Å². The molecule has 0 aromatic rings. The summed E-state index contributed by atoms with van der Waals surface area (Å²) in [6, 6.07) is 0.0885. The van der Waals surface area contributed by atoms with Gasteiger partial charge in [0.2, 0.25) is 0 Å². The Kier molecular flexibility index (Phi) is 3.73. The Labute approximate surface area is 74.5 Å². The summed E-state index contributed by atoms with van der Waals surface area (Å²) in [5.41, 5.74) is 5.88. The molecule has 2 nitrogen and oxygen atoms in total. The van der Waals surface area contributed by atoms with Crippen molar-refractivity contribution < 1.29 is 4.79 Å². The van der Waals surface area contributed by atoms with Crippen molar-refractivity contribution in [1.29, 1.82) is 0 Å². The zero-order valence-corrected chi connectivity index (χ0v) is 7.83. The van der Waals surface area contributed by atoms with Crippen molar-refractivity contribution in [2.75, 3.05) is 0 Å². The average molecular weight is 169 g/mol. The molecular formula is C10H19NO. The molecule has 0 aliphatic heterocycles. The minimum atomic E-state index is 0.0330. The molecule has 0 spiro atoms. The third-order valence-electron chi connectivity index (χ3n) is 2.97. The lowest BCUT2D eigenvalue weighted by molar-refractivity contribution is -0.111. The molecule has 1 aliphatic carbocycles. The predicted molar refractivity (Wildman–Crippen MR) is 49.8 cm³/mol. The Bertz CT molecular complexity index is 141. The van der Waals surface area contributed by atoms with Gasteiger partial charge in [-0.25, -0.2) is 0 Å². The van der Waals surface area contributed by atoms with Crippen LogP contribution in [0.15, 0.2) is 0 Å². The smallest absolute Gasteiger partial charge is 0.124 e. The number of nitrogens with two attached hydrogens (primary N) is 1. The van der Waals surface area contributed by atoms with Gasteiger partial charge in [-0.05, 0) is 12.3 Å². The molecule has 1 saturated carbocycles. The Hall–Kier alpha value is -0.370. The summed E-state index contributed by atoms with van der Waals surface area (Å²) < 4.78 is 0. The first-order chi connectivity index (χ1) is 5.74. The SMILES string of the molecule is CC(C=O)C(N)CC1CCCC1. The summed E-state index contributed by atoms with van der Waals surface area (Å²) in [6.45, 7) is 1.91. The highest BCUT2D eigenvalue weighted by atomic mass is 16.1. The summed E-state index contributed by atoms with van der Waals surface area (Å²) in [4.78, 5) is 10.4. The van der Waals surface area contributed by atoms with E-state index in [9.17, 15) is 4.79 Å². The lowest BCUT2D eigenvalue weighted by Gasteiger charge is -2.18. The Morgan fingerprint density at radius 1 is 1.50 bits per heavy atom. The number of hydrogen-bond acceptors (Lipinski definition) is 2. The maximum Gasteiger partial charge on any atom is 0.124 e. The first-order valence-corrected chi connectivity index (χ1v) is 4.95. The highest BCUT2D eigenvalue weighted by Crippen LogP contribution is 2.29. The average Bonchev–Trinajstić information content (AvgIpc) is 2.55. The molecule has 0 aromatic heterocycles. The van der Waals surface area contributed by atoms with E-state index in [0.29, 0.717) is 0 Å². The molecule has 0 aromatic carbocycles. The standard InChI is InChI=1S/C10H19NO/c1-8(7-12)10(11)6-9-4-2-3-5-9/h7-10H,2-6,11H2,1H3. The second-order valence-electron chi connectivity index (χ2n) is 4.05. The van der Waals surface area contributed by atoms with E-state index in [2.05, 4.69) is 0 Å². The Balaban J connectivity index is 2.24. The van der Waals surface area contributed by atoms with Crippen LogP contribution in [-0.4, -0.2) is 12.3 Å². The zero-order valence-electron chi connectivity index (χ0n) is 7.83. The molecule has 0 amide bonds. The molecule has 0 radical (unpaired) electrons. The van der Waals surface area contributed by atoms with E-state index in [0.717, 1.165) is 18.6 Å². The van der Waals surface area contributed by atoms with Crippen LogP contribution in [-0.2, 0) is 4.79 Å². The summed E-state index contributed by atoms with van der Waals surface area (Å²) in [5.74, 6) is 0.827. The van der Waals surface area contributed by atoms with Crippen LogP contribution < -0.4 is 5.73 Å². The Morgan fingerprint density at radius 2 is 2.08 bits per heavy atom. The number of carbonyl (C=O) groups is 1. The van der Waals surface area contributed by atoms with Gasteiger partial charge in [0.15, 0.2) is 0 Å². The number of carbonyl (C=O) groups excluding carboxylic acids is 1. The molecule has 1 fully saturated rings. The van der Waals surface area contributed by atoms with Gasteiger partial charge in [0.05, 0.1) is 0 Å². The fourth-order valence-electron chi connectivity index (χ4n) is 1.95. The van der Waals surface area contributed by atoms with Gasteiger partial charge in [-0.1, -0.05) is 32.6 Å². The summed E-state index contributed by atoms with van der Waals surface area (Å²) in [6.07, 6.45) is 7.36. The summed E-state index contributed by atoms with van der Waals surface area (Å²) in [5, 5.41) is 0. The first-order valence-electron chi connectivity index (χ1n) is 4.95. The lowest BCUT2D eigenvalue weighted by Crippen LogP contribution is -2.31. The van der Waals surface area contributed by atoms with Gasteiger partial charge in [0, 0.05) is 12.0 Å². The minimum absolute atomic E-state index is 0.0330. The maximum absolute atomic E-state index is 10.4. The highest BCUT2D eigenvalue weighted by Gasteiger charge is 2.20. The van der Waals surface area contributed by atoms with Crippen molar-refractivity contribution in [2.24, 2.45) is 17.6 Å². The fourth-order valence-corrected chi connectivity index (χ4v) is 1.95. The molecule has 70 valence electrons. The van der Waals surface area contributed by atoms with Crippen molar-refractivity contribution in [3.8, 4) is 0 Å². The van der Waals surface area contributed by atoms with Crippen molar-refractivity contribution in [3.63, 3.8) is 0 Å². The number of hydrogen-bond donors (Lipinski definition) is 1. The molecule has 1 rings (SSSR count). The van der Waals surface area contributed by atoms with Crippen molar-refractivity contribution >= 4 is 6.29 Å². The Morgan fingerprint density at radius 3 is 2.58 bits per heavy atom. The maximum atomic E-state index is 10.4. The van der Waals surface area contributed by atoms with Crippen LogP contribution in [0.2, 0.25) is 0 Å². The minimum Gasteiger partial charge on any atom is -0.327 e. The van der Waals surface area contributed by atoms with Crippen LogP contribution in [0.1, 0.15) is 39.0 Å². The van der Waals surface area contributed by atoms with Crippen LogP contribution in [0.5, 0.6) is 0 Å². The number of aldehydes is 1. The largest absolute Gasteiger partial charge is 0.327 e. The molecule has 2 heteroatoms. The molecular weight excluding hydrogens is 150 g/mol. The van der Waals surface area contributed by atoms with Gasteiger partial charge in [0.1, 0.15) is 6.29 Å². The van der Waals surface area contributed by atoms with E-state index in [1.807, 2.05) is 6.92 Å². The number of rotatable bonds is 4. The fraction of sp³-hybridized carbons (Fsp3) is 0.900. The van der Waals surface area contributed by atoms with E-state index >= 15 is 0 Å². The van der Waals surface area contributed by atoms with Crippen LogP contribution in [0, 0.1) is 11.8 Å². The zero-order chi connectivity index (χ0) is 8.97. The predicted octanol–water partition coefficient (Wildman–Crippen LogP) is 1.73. The van der Waals surface area contributed by atoms with E-state index in [1.165, 1.54) is 25.7 Å². The molecule has 2 N–H and O–H groups in total. The monoisotopic (exact) mass is 169 g/mol. The van der Waals surface area contributed by atoms with Crippen LogP contribution in [0.4, 0.5) is 0 Å². The molecule has 2 atom stereocenters. The van der Waals surface area contributed by atoms with Gasteiger partial charge < -0.3 is 10.5 Å². The summed E-state index contributed by atoms with van der Waals surface area (Å²) in [7, 11) is 0. The van der Waals surface area contributed by atoms with Crippen LogP contribution in [0.25, 0.3) is 0 Å².